The van der Waals surface area contributed by atoms with Gasteiger partial charge in [-0.2, -0.15) is 0 Å². The Balaban J connectivity index is -0.000000169. The number of carboxylic acids is 1. The first-order chi connectivity index (χ1) is 15.0. The molecule has 10 nitrogen and oxygen atoms in total. The predicted octanol–water partition coefficient (Wildman–Crippen LogP) is 1.16. The van der Waals surface area contributed by atoms with Gasteiger partial charge in [0.15, 0.2) is 0 Å². The van der Waals surface area contributed by atoms with Crippen molar-refractivity contribution in [2.24, 2.45) is 0 Å². The van der Waals surface area contributed by atoms with Gasteiger partial charge >= 0.3 is 17.9 Å². The molecule has 0 fully saturated rings. The maximum atomic E-state index is 10.7. The van der Waals surface area contributed by atoms with Gasteiger partial charge in [0, 0.05) is 36.9 Å². The Morgan fingerprint density at radius 2 is 1.28 bits per heavy atom. The molecule has 32 heavy (non-hydrogen) atoms. The van der Waals surface area contributed by atoms with Crippen molar-refractivity contribution in [3.8, 4) is 0 Å². The molecule has 0 heterocycles. The van der Waals surface area contributed by atoms with E-state index in [1.807, 2.05) is 0 Å². The maximum absolute atomic E-state index is 10.7. The van der Waals surface area contributed by atoms with Crippen molar-refractivity contribution in [2.45, 2.75) is 33.6 Å². The van der Waals surface area contributed by atoms with Gasteiger partial charge in [0.05, 0.1) is 33.5 Å². The molecule has 0 rings (SSSR count). The van der Waals surface area contributed by atoms with E-state index in [9.17, 15) is 14.4 Å². The number of aliphatic hydroxyl groups excluding tert-OH is 3. The fourth-order valence-corrected chi connectivity index (χ4v) is 1.37. The zero-order valence-electron chi connectivity index (χ0n) is 19.8. The van der Waals surface area contributed by atoms with Crippen LogP contribution in [-0.2, 0) is 23.9 Å². The quantitative estimate of drug-likeness (QED) is 0.188. The molecule has 0 aromatic carbocycles. The Hall–Kier alpha value is -2.53. The molecule has 0 aromatic rings. The van der Waals surface area contributed by atoms with Gasteiger partial charge in [-0.15, -0.1) is 0 Å². The molecule has 0 atom stereocenters. The second kappa shape index (κ2) is 28.5. The van der Waals surface area contributed by atoms with Crippen LogP contribution >= 0.6 is 0 Å². The van der Waals surface area contributed by atoms with Crippen LogP contribution in [0.3, 0.4) is 0 Å². The highest BCUT2D eigenvalue weighted by atomic mass is 16.5. The number of aliphatic carboxylic acids is 1. The molecule has 0 aliphatic rings. The van der Waals surface area contributed by atoms with Gasteiger partial charge in [0.1, 0.15) is 0 Å². The molecule has 0 amide bonds. The minimum Gasteiger partial charge on any atom is -0.478 e. The highest BCUT2D eigenvalue weighted by Gasteiger charge is 2.01. The van der Waals surface area contributed by atoms with Gasteiger partial charge < -0.3 is 29.9 Å². The van der Waals surface area contributed by atoms with Crippen LogP contribution in [-0.4, -0.2) is 96.4 Å². The number of ether oxygens (including phenoxy) is 2. The predicted molar refractivity (Wildman–Crippen MR) is 123 cm³/mol. The molecule has 0 aromatic heterocycles. The van der Waals surface area contributed by atoms with E-state index in [-0.39, 0.29) is 31.8 Å². The van der Waals surface area contributed by atoms with Crippen molar-refractivity contribution < 1.29 is 44.3 Å². The standard InChI is InChI=1S/C8H14O2.C6H15NO3.C5H8O2.C3H4O2/c1-4-5-6-10-8(9)7(2)3;8-4-1-7(2-5-9)3-6-10;1-4(2)5(6)7-3;1-2-3(4)5/h2,4-6H2,1,3H3;8-10H,1-6H2;1H2,2-3H3;2H,1H2,(H,4,5). The van der Waals surface area contributed by atoms with E-state index in [0.29, 0.717) is 37.4 Å². The normalized spacial score (nSPS) is 8.88. The third-order valence-electron chi connectivity index (χ3n) is 3.04. The third kappa shape index (κ3) is 34.9. The van der Waals surface area contributed by atoms with Crippen LogP contribution < -0.4 is 0 Å². The number of carbonyl (C=O) groups is 3. The summed E-state index contributed by atoms with van der Waals surface area (Å²) in [5.41, 5.74) is 0.901. The van der Waals surface area contributed by atoms with Crippen molar-refractivity contribution >= 4 is 17.9 Å². The number of methoxy groups -OCH3 is 1. The van der Waals surface area contributed by atoms with E-state index in [1.165, 1.54) is 7.11 Å². The fourth-order valence-electron chi connectivity index (χ4n) is 1.37. The number of carbonyl (C=O) groups excluding carboxylic acids is 2. The van der Waals surface area contributed by atoms with Crippen LogP contribution in [0.5, 0.6) is 0 Å². The summed E-state index contributed by atoms with van der Waals surface area (Å²) in [4.78, 5) is 31.9. The molecule has 0 aliphatic carbocycles. The SMILES string of the molecule is C=C(C)C(=O)OC.C=C(C)C(=O)OCCCC.C=CC(=O)O.OCCN(CCO)CCO. The molecular formula is C22H41NO9. The summed E-state index contributed by atoms with van der Waals surface area (Å²) >= 11 is 0. The number of unbranched alkanes of at least 4 members (excludes halogenated alkanes) is 1. The summed E-state index contributed by atoms with van der Waals surface area (Å²) in [5.74, 6) is -1.61. The van der Waals surface area contributed by atoms with Crippen LogP contribution in [0.15, 0.2) is 37.0 Å². The summed E-state index contributed by atoms with van der Waals surface area (Å²) in [6.07, 6.45) is 2.81. The smallest absolute Gasteiger partial charge is 0.333 e. The number of nitrogens with zero attached hydrogens (tertiary/aromatic N) is 1. The topological polar surface area (TPSA) is 154 Å². The summed E-state index contributed by atoms with van der Waals surface area (Å²) in [7, 11) is 1.33. The molecular weight excluding hydrogens is 422 g/mol. The number of hydrogen-bond donors (Lipinski definition) is 4. The Labute approximate surface area is 191 Å². The highest BCUT2D eigenvalue weighted by Crippen LogP contribution is 1.94. The van der Waals surface area contributed by atoms with Crippen molar-refractivity contribution in [1.82, 2.24) is 4.90 Å². The Morgan fingerprint density at radius 3 is 1.47 bits per heavy atom. The highest BCUT2D eigenvalue weighted by molar-refractivity contribution is 5.87. The Morgan fingerprint density at radius 1 is 0.906 bits per heavy atom. The fraction of sp³-hybridized carbons (Fsp3) is 0.591. The molecule has 0 bridgehead atoms. The minimum absolute atomic E-state index is 0.0694. The molecule has 0 spiro atoms. The molecule has 4 N–H and O–H groups in total. The first kappa shape index (κ1) is 36.8. The molecule has 188 valence electrons. The van der Waals surface area contributed by atoms with Crippen molar-refractivity contribution in [2.75, 3.05) is 53.2 Å². The van der Waals surface area contributed by atoms with Crippen molar-refractivity contribution in [1.29, 1.82) is 0 Å². The lowest BCUT2D eigenvalue weighted by Gasteiger charge is -2.17. The van der Waals surface area contributed by atoms with Gasteiger partial charge in [0.25, 0.3) is 0 Å². The van der Waals surface area contributed by atoms with E-state index in [1.54, 1.807) is 18.7 Å². The number of rotatable bonds is 12. The summed E-state index contributed by atoms with van der Waals surface area (Å²) < 4.78 is 9.08. The Bertz CT molecular complexity index is 519. The van der Waals surface area contributed by atoms with Crippen molar-refractivity contribution in [3.63, 3.8) is 0 Å². The number of esters is 2. The largest absolute Gasteiger partial charge is 0.478 e. The summed E-state index contributed by atoms with van der Waals surface area (Å²) in [5, 5.41) is 33.1. The summed E-state index contributed by atoms with van der Waals surface area (Å²) in [6, 6.07) is 0. The zero-order chi connectivity index (χ0) is 25.9. The van der Waals surface area contributed by atoms with E-state index < -0.39 is 5.97 Å². The van der Waals surface area contributed by atoms with Crippen LogP contribution in [0.4, 0.5) is 0 Å². The zero-order valence-corrected chi connectivity index (χ0v) is 19.8. The molecule has 10 heteroatoms. The monoisotopic (exact) mass is 463 g/mol. The van der Waals surface area contributed by atoms with Gasteiger partial charge in [-0.1, -0.05) is 33.1 Å². The van der Waals surface area contributed by atoms with Gasteiger partial charge in [-0.3, -0.25) is 4.90 Å². The molecule has 0 saturated carbocycles. The van der Waals surface area contributed by atoms with Crippen molar-refractivity contribution in [3.05, 3.63) is 37.0 Å². The van der Waals surface area contributed by atoms with Crippen LogP contribution in [0.1, 0.15) is 33.6 Å². The van der Waals surface area contributed by atoms with Crippen LogP contribution in [0.2, 0.25) is 0 Å². The summed E-state index contributed by atoms with van der Waals surface area (Å²) in [6.45, 7) is 17.3. The maximum Gasteiger partial charge on any atom is 0.333 e. The molecule has 0 unspecified atom stereocenters. The first-order valence-electron chi connectivity index (χ1n) is 9.95. The van der Waals surface area contributed by atoms with Gasteiger partial charge in [-0.25, -0.2) is 14.4 Å². The Kier molecular flexibility index (Phi) is 32.8. The second-order valence-corrected chi connectivity index (χ2v) is 6.10. The van der Waals surface area contributed by atoms with E-state index in [4.69, 9.17) is 25.2 Å². The lowest BCUT2D eigenvalue weighted by atomic mass is 10.3. The minimum atomic E-state index is -0.981. The number of hydrogen-bond acceptors (Lipinski definition) is 9. The molecule has 0 aliphatic heterocycles. The average Bonchev–Trinajstić information content (AvgIpc) is 2.75. The lowest BCUT2D eigenvalue weighted by molar-refractivity contribution is -0.139. The first-order valence-corrected chi connectivity index (χ1v) is 9.95. The number of aliphatic hydroxyl groups is 3. The van der Waals surface area contributed by atoms with E-state index >= 15 is 0 Å². The molecule has 0 radical (unpaired) electrons. The third-order valence-corrected chi connectivity index (χ3v) is 3.04. The average molecular weight is 464 g/mol. The number of carboxylic acid groups (broad SMARTS) is 1. The van der Waals surface area contributed by atoms with E-state index in [2.05, 4.69) is 31.4 Å². The van der Waals surface area contributed by atoms with Crippen LogP contribution in [0, 0.1) is 0 Å². The molecule has 0 saturated heterocycles. The second-order valence-electron chi connectivity index (χ2n) is 6.10. The van der Waals surface area contributed by atoms with Gasteiger partial charge in [-0.05, 0) is 20.3 Å². The van der Waals surface area contributed by atoms with Gasteiger partial charge in [0.2, 0.25) is 0 Å². The van der Waals surface area contributed by atoms with E-state index in [0.717, 1.165) is 18.9 Å². The lowest BCUT2D eigenvalue weighted by Crippen LogP contribution is -2.32. The van der Waals surface area contributed by atoms with Crippen LogP contribution in [0.25, 0.3) is 0 Å².